The van der Waals surface area contributed by atoms with Crippen LogP contribution < -0.4 is 9.47 Å². The number of fused-ring (bicyclic) bond motifs is 2. The number of hydrogen-bond acceptors (Lipinski definition) is 5. The SMILES string of the molecule is O=C(c1ccncc1)N(Cc1ccc(F)cc1)Cc1cc2cc3c(cc2nc1Cl)OCO3. The highest BCUT2D eigenvalue weighted by Gasteiger charge is 2.20. The molecule has 2 aromatic heterocycles. The second-order valence-electron chi connectivity index (χ2n) is 7.36. The van der Waals surface area contributed by atoms with E-state index < -0.39 is 0 Å². The minimum atomic E-state index is -0.332. The highest BCUT2D eigenvalue weighted by Crippen LogP contribution is 2.36. The molecule has 0 bridgehead atoms. The number of halogens is 2. The van der Waals surface area contributed by atoms with E-state index in [1.165, 1.54) is 12.1 Å². The maximum Gasteiger partial charge on any atom is 0.254 e. The van der Waals surface area contributed by atoms with Gasteiger partial charge in [-0.25, -0.2) is 9.37 Å². The summed E-state index contributed by atoms with van der Waals surface area (Å²) < 4.78 is 24.2. The van der Waals surface area contributed by atoms with Gasteiger partial charge in [0.2, 0.25) is 6.79 Å². The zero-order valence-electron chi connectivity index (χ0n) is 16.8. The van der Waals surface area contributed by atoms with Crippen LogP contribution in [0.3, 0.4) is 0 Å². The third-order valence-corrected chi connectivity index (χ3v) is 5.52. The summed E-state index contributed by atoms with van der Waals surface area (Å²) in [6.07, 6.45) is 3.13. The number of aromatic nitrogens is 2. The molecule has 0 fully saturated rings. The Balaban J connectivity index is 1.50. The third-order valence-electron chi connectivity index (χ3n) is 5.20. The second kappa shape index (κ2) is 8.43. The van der Waals surface area contributed by atoms with Gasteiger partial charge >= 0.3 is 0 Å². The first-order valence-electron chi connectivity index (χ1n) is 9.89. The van der Waals surface area contributed by atoms with Crippen LogP contribution in [0.1, 0.15) is 21.5 Å². The van der Waals surface area contributed by atoms with Gasteiger partial charge < -0.3 is 14.4 Å². The van der Waals surface area contributed by atoms with E-state index in [-0.39, 0.29) is 31.6 Å². The Bertz CT molecular complexity index is 1300. The largest absolute Gasteiger partial charge is 0.454 e. The van der Waals surface area contributed by atoms with Gasteiger partial charge in [0.1, 0.15) is 11.0 Å². The predicted octanol–water partition coefficient (Wildman–Crippen LogP) is 4.99. The summed E-state index contributed by atoms with van der Waals surface area (Å²) in [7, 11) is 0. The number of carbonyl (C=O) groups is 1. The van der Waals surface area contributed by atoms with E-state index >= 15 is 0 Å². The van der Waals surface area contributed by atoms with Gasteiger partial charge in [0, 0.05) is 48.1 Å². The van der Waals surface area contributed by atoms with Crippen molar-refractivity contribution in [3.63, 3.8) is 0 Å². The molecular weight excluding hydrogens is 433 g/mol. The van der Waals surface area contributed by atoms with Gasteiger partial charge in [-0.15, -0.1) is 0 Å². The van der Waals surface area contributed by atoms with Gasteiger partial charge in [-0.3, -0.25) is 9.78 Å². The fraction of sp³-hybridized carbons (Fsp3) is 0.125. The number of amides is 1. The van der Waals surface area contributed by atoms with Crippen LogP contribution in [0.4, 0.5) is 4.39 Å². The molecule has 6 nitrogen and oxygen atoms in total. The molecule has 1 aliphatic heterocycles. The fourth-order valence-corrected chi connectivity index (χ4v) is 3.79. The lowest BCUT2D eigenvalue weighted by Crippen LogP contribution is -2.30. The van der Waals surface area contributed by atoms with Gasteiger partial charge in [-0.1, -0.05) is 23.7 Å². The standard InChI is InChI=1S/C24H17ClFN3O3/c25-23-18(9-17-10-21-22(32-14-31-21)11-20(17)28-23)13-29(12-15-1-3-19(26)4-2-15)24(30)16-5-7-27-8-6-16/h1-11H,12-14H2. The Morgan fingerprint density at radius 3 is 2.47 bits per heavy atom. The fourth-order valence-electron chi connectivity index (χ4n) is 3.59. The molecule has 0 saturated carbocycles. The predicted molar refractivity (Wildman–Crippen MR) is 117 cm³/mol. The monoisotopic (exact) mass is 449 g/mol. The smallest absolute Gasteiger partial charge is 0.254 e. The van der Waals surface area contributed by atoms with Crippen LogP contribution in [-0.2, 0) is 13.1 Å². The van der Waals surface area contributed by atoms with Crippen molar-refractivity contribution in [3.8, 4) is 11.5 Å². The third kappa shape index (κ3) is 4.07. The van der Waals surface area contributed by atoms with Crippen molar-refractivity contribution in [1.29, 1.82) is 0 Å². The maximum atomic E-state index is 13.4. The molecule has 160 valence electrons. The van der Waals surface area contributed by atoms with Crippen molar-refractivity contribution in [2.45, 2.75) is 13.1 Å². The normalized spacial score (nSPS) is 12.2. The van der Waals surface area contributed by atoms with E-state index in [0.29, 0.717) is 33.3 Å². The Morgan fingerprint density at radius 2 is 1.72 bits per heavy atom. The molecule has 0 radical (unpaired) electrons. The molecule has 0 unspecified atom stereocenters. The lowest BCUT2D eigenvalue weighted by Gasteiger charge is -2.24. The molecular formula is C24H17ClFN3O3. The first kappa shape index (κ1) is 20.2. The van der Waals surface area contributed by atoms with Gasteiger partial charge in [-0.2, -0.15) is 0 Å². The second-order valence-corrected chi connectivity index (χ2v) is 7.72. The Morgan fingerprint density at radius 1 is 1.00 bits per heavy atom. The Labute approximate surface area is 188 Å². The zero-order valence-corrected chi connectivity index (χ0v) is 17.6. The molecule has 0 spiro atoms. The topological polar surface area (TPSA) is 64.6 Å². The molecule has 0 N–H and O–H groups in total. The maximum absolute atomic E-state index is 13.4. The Kier molecular flexibility index (Phi) is 5.33. The van der Waals surface area contributed by atoms with E-state index in [9.17, 15) is 9.18 Å². The molecule has 2 aromatic carbocycles. The zero-order chi connectivity index (χ0) is 22.1. The number of benzene rings is 2. The summed E-state index contributed by atoms with van der Waals surface area (Å²) in [6.45, 7) is 0.657. The summed E-state index contributed by atoms with van der Waals surface area (Å²) in [4.78, 5) is 23.4. The van der Waals surface area contributed by atoms with E-state index in [4.69, 9.17) is 21.1 Å². The van der Waals surface area contributed by atoms with E-state index in [2.05, 4.69) is 9.97 Å². The van der Waals surface area contributed by atoms with Crippen molar-refractivity contribution in [1.82, 2.24) is 14.9 Å². The molecule has 1 amide bonds. The number of carbonyl (C=O) groups excluding carboxylic acids is 1. The highest BCUT2D eigenvalue weighted by molar-refractivity contribution is 6.30. The van der Waals surface area contributed by atoms with Crippen molar-refractivity contribution in [2.75, 3.05) is 6.79 Å². The molecule has 5 rings (SSSR count). The lowest BCUT2D eigenvalue weighted by molar-refractivity contribution is 0.0730. The van der Waals surface area contributed by atoms with Crippen molar-refractivity contribution < 1.29 is 18.7 Å². The molecule has 0 saturated heterocycles. The van der Waals surface area contributed by atoms with Crippen molar-refractivity contribution >= 4 is 28.4 Å². The first-order chi connectivity index (χ1) is 15.6. The highest BCUT2D eigenvalue weighted by atomic mass is 35.5. The molecule has 8 heteroatoms. The number of pyridine rings is 2. The van der Waals surface area contributed by atoms with Crippen LogP contribution in [0.25, 0.3) is 10.9 Å². The number of nitrogens with zero attached hydrogens (tertiary/aromatic N) is 3. The quantitative estimate of drug-likeness (QED) is 0.401. The minimum absolute atomic E-state index is 0.165. The van der Waals surface area contributed by atoms with Crippen LogP contribution in [0, 0.1) is 5.82 Å². The van der Waals surface area contributed by atoms with Gasteiger partial charge in [-0.05, 0) is 42.0 Å². The van der Waals surface area contributed by atoms with E-state index in [1.807, 2.05) is 12.1 Å². The molecule has 0 aliphatic carbocycles. The van der Waals surface area contributed by atoms with Crippen LogP contribution in [0.5, 0.6) is 11.5 Å². The van der Waals surface area contributed by atoms with E-state index in [0.717, 1.165) is 10.9 Å². The number of ether oxygens (including phenoxy) is 2. The molecule has 3 heterocycles. The first-order valence-corrected chi connectivity index (χ1v) is 10.3. The van der Waals surface area contributed by atoms with Crippen LogP contribution in [-0.4, -0.2) is 27.6 Å². The van der Waals surface area contributed by atoms with Crippen LogP contribution in [0.15, 0.2) is 67.0 Å². The molecule has 1 aliphatic rings. The minimum Gasteiger partial charge on any atom is -0.454 e. The van der Waals surface area contributed by atoms with Gasteiger partial charge in [0.05, 0.1) is 5.52 Å². The van der Waals surface area contributed by atoms with Crippen LogP contribution >= 0.6 is 11.6 Å². The summed E-state index contributed by atoms with van der Waals surface area (Å²) in [6, 6.07) is 14.9. The number of hydrogen-bond donors (Lipinski definition) is 0. The van der Waals surface area contributed by atoms with E-state index in [1.54, 1.807) is 47.6 Å². The molecule has 4 aromatic rings. The average molecular weight is 450 g/mol. The average Bonchev–Trinajstić information content (AvgIpc) is 3.26. The lowest BCUT2D eigenvalue weighted by atomic mass is 10.1. The van der Waals surface area contributed by atoms with Crippen LogP contribution in [0.2, 0.25) is 5.15 Å². The van der Waals surface area contributed by atoms with Crippen molar-refractivity contribution in [2.24, 2.45) is 0 Å². The summed E-state index contributed by atoms with van der Waals surface area (Å²) in [5, 5.41) is 1.12. The van der Waals surface area contributed by atoms with Crippen molar-refractivity contribution in [3.05, 3.63) is 94.7 Å². The molecule has 0 atom stereocenters. The Hall–Kier alpha value is -3.71. The van der Waals surface area contributed by atoms with Gasteiger partial charge in [0.25, 0.3) is 5.91 Å². The number of rotatable bonds is 5. The summed E-state index contributed by atoms with van der Waals surface area (Å²) in [5.41, 5.74) is 2.65. The summed E-state index contributed by atoms with van der Waals surface area (Å²) >= 11 is 6.49. The molecule has 32 heavy (non-hydrogen) atoms. The van der Waals surface area contributed by atoms with Gasteiger partial charge in [0.15, 0.2) is 11.5 Å². The summed E-state index contributed by atoms with van der Waals surface area (Å²) in [5.74, 6) is 0.739.